The highest BCUT2D eigenvalue weighted by molar-refractivity contribution is 5.55. The summed E-state index contributed by atoms with van der Waals surface area (Å²) in [6, 6.07) is 48.6. The first-order valence-corrected chi connectivity index (χ1v) is 17.7. The number of aliphatic hydroxyl groups excluding tert-OH is 2. The molecular formula is C45H42O8. The summed E-state index contributed by atoms with van der Waals surface area (Å²) in [6.07, 6.45) is -2.95. The lowest BCUT2D eigenvalue weighted by Gasteiger charge is -2.38. The van der Waals surface area contributed by atoms with Crippen molar-refractivity contribution in [2.24, 2.45) is 0 Å². The van der Waals surface area contributed by atoms with Crippen LogP contribution in [0.15, 0.2) is 152 Å². The highest BCUT2D eigenvalue weighted by atomic mass is 16.5. The van der Waals surface area contributed by atoms with Crippen molar-refractivity contribution in [2.75, 3.05) is 13.2 Å². The van der Waals surface area contributed by atoms with Gasteiger partial charge in [-0.2, -0.15) is 0 Å². The molecule has 3 atom stereocenters. The van der Waals surface area contributed by atoms with Crippen LogP contribution in [0.2, 0.25) is 0 Å². The highest BCUT2D eigenvalue weighted by Gasteiger charge is 2.42. The van der Waals surface area contributed by atoms with E-state index in [0.29, 0.717) is 59.7 Å². The van der Waals surface area contributed by atoms with Crippen LogP contribution in [0, 0.1) is 0 Å². The smallest absolute Gasteiger partial charge is 0.162 e. The molecule has 0 spiro atoms. The van der Waals surface area contributed by atoms with Crippen LogP contribution in [0.4, 0.5) is 0 Å². The van der Waals surface area contributed by atoms with Gasteiger partial charge in [0, 0.05) is 12.1 Å². The maximum Gasteiger partial charge on any atom is 0.162 e. The van der Waals surface area contributed by atoms with Crippen LogP contribution < -0.4 is 23.7 Å². The van der Waals surface area contributed by atoms with E-state index in [-0.39, 0.29) is 19.8 Å². The van der Waals surface area contributed by atoms with Crippen molar-refractivity contribution in [1.82, 2.24) is 0 Å². The van der Waals surface area contributed by atoms with Crippen LogP contribution in [0.25, 0.3) is 0 Å². The molecule has 2 N–H and O–H groups in total. The number of rotatable bonds is 16. The van der Waals surface area contributed by atoms with Gasteiger partial charge in [-0.15, -0.1) is 0 Å². The third-order valence-electron chi connectivity index (χ3n) is 8.88. The minimum atomic E-state index is -1.18. The molecule has 0 radical (unpaired) electrons. The number of hydrogen-bond acceptors (Lipinski definition) is 8. The Hall–Kier alpha value is -5.80. The molecule has 1 aliphatic rings. The Bertz CT molecular complexity index is 2020. The summed E-state index contributed by atoms with van der Waals surface area (Å²) in [4.78, 5) is 0. The molecule has 1 unspecified atom stereocenters. The maximum absolute atomic E-state index is 12.0. The topological polar surface area (TPSA) is 95.8 Å². The molecule has 53 heavy (non-hydrogen) atoms. The minimum absolute atomic E-state index is 0.00400. The first-order chi connectivity index (χ1) is 26.1. The summed E-state index contributed by atoms with van der Waals surface area (Å²) < 4.78 is 38.1. The van der Waals surface area contributed by atoms with Crippen LogP contribution in [0.5, 0.6) is 28.7 Å². The van der Waals surface area contributed by atoms with Gasteiger partial charge in [-0.1, -0.05) is 127 Å². The molecule has 6 aromatic carbocycles. The van der Waals surface area contributed by atoms with Crippen LogP contribution in [0.1, 0.15) is 45.6 Å². The van der Waals surface area contributed by atoms with Gasteiger partial charge in [-0.25, -0.2) is 0 Å². The minimum Gasteiger partial charge on any atom is -0.489 e. The molecule has 8 heteroatoms. The quantitative estimate of drug-likeness (QED) is 0.103. The predicted octanol–water partition coefficient (Wildman–Crippen LogP) is 8.55. The molecule has 0 bridgehead atoms. The van der Waals surface area contributed by atoms with Gasteiger partial charge >= 0.3 is 0 Å². The molecule has 0 fully saturated rings. The van der Waals surface area contributed by atoms with Crippen LogP contribution in [-0.4, -0.2) is 29.5 Å². The van der Waals surface area contributed by atoms with E-state index in [2.05, 4.69) is 0 Å². The molecule has 0 saturated carbocycles. The van der Waals surface area contributed by atoms with Gasteiger partial charge in [0.05, 0.1) is 18.8 Å². The van der Waals surface area contributed by atoms with E-state index in [0.717, 1.165) is 22.3 Å². The van der Waals surface area contributed by atoms with Crippen molar-refractivity contribution in [3.8, 4) is 28.7 Å². The third kappa shape index (κ3) is 9.17. The lowest BCUT2D eigenvalue weighted by molar-refractivity contribution is -0.108. The van der Waals surface area contributed by atoms with Crippen molar-refractivity contribution in [1.29, 1.82) is 0 Å². The fourth-order valence-electron chi connectivity index (χ4n) is 6.20. The molecule has 0 amide bonds. The van der Waals surface area contributed by atoms with Gasteiger partial charge < -0.3 is 38.6 Å². The SMILES string of the molecule is OCCOC1c2c(OCc3ccccc3)cc(OCc3ccccc3)cc2O[C@H](c2ccc(OCc3ccccc3)c(OCc3ccccc3)c2)[C@@H]1O. The summed E-state index contributed by atoms with van der Waals surface area (Å²) in [5.41, 5.74) is 5.18. The molecule has 1 aliphatic heterocycles. The number of fused-ring (bicyclic) bond motifs is 1. The Labute approximate surface area is 309 Å². The van der Waals surface area contributed by atoms with Crippen molar-refractivity contribution >= 4 is 0 Å². The highest BCUT2D eigenvalue weighted by Crippen LogP contribution is 2.50. The zero-order valence-electron chi connectivity index (χ0n) is 29.3. The Balaban J connectivity index is 1.23. The van der Waals surface area contributed by atoms with Crippen LogP contribution >= 0.6 is 0 Å². The van der Waals surface area contributed by atoms with E-state index in [9.17, 15) is 10.2 Å². The van der Waals surface area contributed by atoms with E-state index < -0.39 is 18.3 Å². The molecule has 0 aliphatic carbocycles. The first kappa shape index (κ1) is 35.6. The molecule has 0 aromatic heterocycles. The number of aliphatic hydroxyl groups is 2. The predicted molar refractivity (Wildman–Crippen MR) is 201 cm³/mol. The summed E-state index contributed by atoms with van der Waals surface area (Å²) in [5, 5.41) is 21.8. The van der Waals surface area contributed by atoms with E-state index in [4.69, 9.17) is 28.4 Å². The normalized spacial score (nSPS) is 16.2. The van der Waals surface area contributed by atoms with E-state index >= 15 is 0 Å². The Morgan fingerprint density at radius 3 is 1.53 bits per heavy atom. The first-order valence-electron chi connectivity index (χ1n) is 17.7. The number of hydrogen-bond donors (Lipinski definition) is 2. The average molecular weight is 711 g/mol. The van der Waals surface area contributed by atoms with Crippen LogP contribution in [-0.2, 0) is 31.2 Å². The van der Waals surface area contributed by atoms with Gasteiger partial charge in [-0.3, -0.25) is 0 Å². The van der Waals surface area contributed by atoms with E-state index in [1.165, 1.54) is 0 Å². The molecule has 8 nitrogen and oxygen atoms in total. The zero-order chi connectivity index (χ0) is 36.2. The summed E-state index contributed by atoms with van der Waals surface area (Å²) in [5.74, 6) is 2.48. The lowest BCUT2D eigenvalue weighted by atomic mass is 9.91. The lowest BCUT2D eigenvalue weighted by Crippen LogP contribution is -2.36. The van der Waals surface area contributed by atoms with Gasteiger partial charge in [0.15, 0.2) is 17.6 Å². The summed E-state index contributed by atoms with van der Waals surface area (Å²) in [7, 11) is 0. The summed E-state index contributed by atoms with van der Waals surface area (Å²) >= 11 is 0. The monoisotopic (exact) mass is 710 g/mol. The number of benzene rings is 6. The molecule has 7 rings (SSSR count). The average Bonchev–Trinajstić information content (AvgIpc) is 3.21. The Kier molecular flexibility index (Phi) is 11.8. The Morgan fingerprint density at radius 1 is 0.509 bits per heavy atom. The Morgan fingerprint density at radius 2 is 1.00 bits per heavy atom. The standard InChI is InChI=1S/C45H42O8/c46-23-24-48-45-42-40(52-31-35-19-11-4-12-20-35)26-37(49-28-32-13-5-1-6-14-32)27-41(42)53-44(43(45)47)36-21-22-38(50-29-33-15-7-2-8-16-33)39(25-36)51-30-34-17-9-3-10-18-34/h1-22,25-27,43-47H,23-24,28-31H2/t43-,44+,45?/m0/s1. The molecule has 6 aromatic rings. The van der Waals surface area contributed by atoms with Gasteiger partial charge in [-0.05, 0) is 39.9 Å². The molecule has 1 heterocycles. The third-order valence-corrected chi connectivity index (χ3v) is 8.88. The fourth-order valence-corrected chi connectivity index (χ4v) is 6.20. The maximum atomic E-state index is 12.0. The zero-order valence-corrected chi connectivity index (χ0v) is 29.3. The van der Waals surface area contributed by atoms with Crippen molar-refractivity contribution in [3.05, 3.63) is 185 Å². The van der Waals surface area contributed by atoms with E-state index in [1.807, 2.05) is 140 Å². The van der Waals surface area contributed by atoms with Gasteiger partial charge in [0.2, 0.25) is 0 Å². The summed E-state index contributed by atoms with van der Waals surface area (Å²) in [6.45, 7) is 1.04. The molecule has 0 saturated heterocycles. The van der Waals surface area contributed by atoms with Crippen molar-refractivity contribution in [3.63, 3.8) is 0 Å². The molecule has 270 valence electrons. The second-order valence-corrected chi connectivity index (χ2v) is 12.7. The molecular weight excluding hydrogens is 668 g/mol. The van der Waals surface area contributed by atoms with Crippen molar-refractivity contribution < 1.29 is 38.6 Å². The second kappa shape index (κ2) is 17.6. The fraction of sp³-hybridized carbons (Fsp3) is 0.200. The van der Waals surface area contributed by atoms with Gasteiger partial charge in [0.1, 0.15) is 55.9 Å². The van der Waals surface area contributed by atoms with Gasteiger partial charge in [0.25, 0.3) is 0 Å². The number of ether oxygens (including phenoxy) is 6. The second-order valence-electron chi connectivity index (χ2n) is 12.7. The van der Waals surface area contributed by atoms with Crippen molar-refractivity contribution in [2.45, 2.75) is 44.7 Å². The van der Waals surface area contributed by atoms with E-state index in [1.54, 1.807) is 12.1 Å². The largest absolute Gasteiger partial charge is 0.489 e. The van der Waals surface area contributed by atoms with Crippen LogP contribution in [0.3, 0.4) is 0 Å².